The Bertz CT molecular complexity index is 697. The van der Waals surface area contributed by atoms with Crippen LogP contribution in [0.2, 0.25) is 0 Å². The molecular formula is C14H21BrFN3O3S. The van der Waals surface area contributed by atoms with Crippen molar-refractivity contribution in [1.29, 1.82) is 0 Å². The third-order valence-corrected chi connectivity index (χ3v) is 6.66. The molecule has 0 spiro atoms. The maximum absolute atomic E-state index is 14.1. The van der Waals surface area contributed by atoms with Gasteiger partial charge in [-0.15, -0.1) is 0 Å². The highest BCUT2D eigenvalue weighted by atomic mass is 79.9. The lowest BCUT2D eigenvalue weighted by atomic mass is 9.90. The van der Waals surface area contributed by atoms with E-state index in [2.05, 4.69) is 21.4 Å². The number of nitrogens with one attached hydrogen (secondary N) is 1. The van der Waals surface area contributed by atoms with E-state index in [9.17, 15) is 12.8 Å². The van der Waals surface area contributed by atoms with E-state index in [1.165, 1.54) is 23.5 Å². The van der Waals surface area contributed by atoms with Gasteiger partial charge in [-0.25, -0.2) is 12.8 Å². The number of benzene rings is 1. The van der Waals surface area contributed by atoms with Crippen LogP contribution < -0.4 is 16.0 Å². The molecule has 0 saturated carbocycles. The van der Waals surface area contributed by atoms with Gasteiger partial charge in [0, 0.05) is 22.6 Å². The molecule has 1 saturated heterocycles. The maximum atomic E-state index is 14.1. The summed E-state index contributed by atoms with van der Waals surface area (Å²) in [7, 11) is -2.67. The van der Waals surface area contributed by atoms with Crippen LogP contribution in [0.5, 0.6) is 5.75 Å². The van der Waals surface area contributed by atoms with Crippen LogP contribution in [-0.2, 0) is 10.0 Å². The number of piperidine rings is 1. The minimum Gasteiger partial charge on any atom is -0.492 e. The van der Waals surface area contributed by atoms with Crippen LogP contribution in [0, 0.1) is 5.82 Å². The molecule has 2 rings (SSSR count). The first-order valence-corrected chi connectivity index (χ1v) is 9.39. The standard InChI is InChI=1S/C14H21BrFN3O3S/c1-14(2)8-10(18-17)4-5-19(14)23(20,21)12-7-9(15)6-11(16)13(12)22-3/h6-7,10,18H,4-5,8,17H2,1-3H3. The molecule has 0 aliphatic carbocycles. The number of halogens is 2. The molecule has 9 heteroatoms. The van der Waals surface area contributed by atoms with Gasteiger partial charge < -0.3 is 4.74 Å². The van der Waals surface area contributed by atoms with E-state index in [0.29, 0.717) is 23.9 Å². The van der Waals surface area contributed by atoms with Gasteiger partial charge in [0.25, 0.3) is 0 Å². The maximum Gasteiger partial charge on any atom is 0.247 e. The van der Waals surface area contributed by atoms with E-state index < -0.39 is 21.4 Å². The van der Waals surface area contributed by atoms with E-state index in [1.807, 2.05) is 13.8 Å². The van der Waals surface area contributed by atoms with Gasteiger partial charge in [0.2, 0.25) is 10.0 Å². The second kappa shape index (κ2) is 6.64. The molecule has 0 aromatic heterocycles. The molecule has 1 atom stereocenters. The summed E-state index contributed by atoms with van der Waals surface area (Å²) in [6, 6.07) is 2.58. The van der Waals surface area contributed by atoms with Gasteiger partial charge in [-0.1, -0.05) is 15.9 Å². The lowest BCUT2D eigenvalue weighted by Gasteiger charge is -2.44. The minimum atomic E-state index is -3.92. The fourth-order valence-electron chi connectivity index (χ4n) is 3.02. The molecule has 1 heterocycles. The predicted octanol–water partition coefficient (Wildman–Crippen LogP) is 1.99. The van der Waals surface area contributed by atoms with Crippen LogP contribution in [0.1, 0.15) is 26.7 Å². The number of nitrogens with two attached hydrogens (primary N) is 1. The van der Waals surface area contributed by atoms with Crippen molar-refractivity contribution in [2.24, 2.45) is 5.84 Å². The van der Waals surface area contributed by atoms with Crippen LogP contribution in [0.25, 0.3) is 0 Å². The van der Waals surface area contributed by atoms with Crippen LogP contribution in [0.15, 0.2) is 21.5 Å². The smallest absolute Gasteiger partial charge is 0.247 e. The first-order chi connectivity index (χ1) is 10.6. The first kappa shape index (κ1) is 18.6. The summed E-state index contributed by atoms with van der Waals surface area (Å²) in [5.74, 6) is 4.48. The Balaban J connectivity index is 2.51. The number of methoxy groups -OCH3 is 1. The topological polar surface area (TPSA) is 84.7 Å². The highest BCUT2D eigenvalue weighted by molar-refractivity contribution is 9.10. The number of hydrogen-bond acceptors (Lipinski definition) is 5. The Morgan fingerprint density at radius 1 is 1.48 bits per heavy atom. The zero-order valence-electron chi connectivity index (χ0n) is 13.3. The Kier molecular flexibility index (Phi) is 5.37. The number of nitrogens with zero attached hydrogens (tertiary/aromatic N) is 1. The van der Waals surface area contributed by atoms with Crippen molar-refractivity contribution in [3.8, 4) is 5.75 Å². The Morgan fingerprint density at radius 3 is 2.65 bits per heavy atom. The first-order valence-electron chi connectivity index (χ1n) is 7.15. The molecule has 3 N–H and O–H groups in total. The van der Waals surface area contributed by atoms with Crippen molar-refractivity contribution in [1.82, 2.24) is 9.73 Å². The van der Waals surface area contributed by atoms with Gasteiger partial charge in [-0.3, -0.25) is 11.3 Å². The quantitative estimate of drug-likeness (QED) is 0.586. The molecule has 1 aliphatic heterocycles. The highest BCUT2D eigenvalue weighted by Crippen LogP contribution is 2.38. The fraction of sp³-hybridized carbons (Fsp3) is 0.571. The molecule has 1 fully saturated rings. The van der Waals surface area contributed by atoms with E-state index in [4.69, 9.17) is 10.6 Å². The Labute approximate surface area is 144 Å². The lowest BCUT2D eigenvalue weighted by molar-refractivity contribution is 0.140. The van der Waals surface area contributed by atoms with Crippen molar-refractivity contribution >= 4 is 26.0 Å². The second-order valence-corrected chi connectivity index (χ2v) is 8.91. The Hall–Kier alpha value is -0.740. The number of sulfonamides is 1. The third-order valence-electron chi connectivity index (χ3n) is 4.08. The normalized spacial score (nSPS) is 22.1. The van der Waals surface area contributed by atoms with Crippen LogP contribution in [0.3, 0.4) is 0 Å². The molecule has 130 valence electrons. The summed E-state index contributed by atoms with van der Waals surface area (Å²) < 4.78 is 46.9. The van der Waals surface area contributed by atoms with Gasteiger partial charge in [-0.05, 0) is 38.8 Å². The summed E-state index contributed by atoms with van der Waals surface area (Å²) in [5.41, 5.74) is 2.04. The summed E-state index contributed by atoms with van der Waals surface area (Å²) in [6.45, 7) is 3.95. The average molecular weight is 410 g/mol. The zero-order valence-corrected chi connectivity index (χ0v) is 15.7. The van der Waals surface area contributed by atoms with Gasteiger partial charge >= 0.3 is 0 Å². The third kappa shape index (κ3) is 3.53. The van der Waals surface area contributed by atoms with Gasteiger partial charge in [-0.2, -0.15) is 4.31 Å². The molecule has 1 aromatic carbocycles. The van der Waals surface area contributed by atoms with Crippen LogP contribution in [0.4, 0.5) is 4.39 Å². The molecule has 0 amide bonds. The SMILES string of the molecule is COc1c(F)cc(Br)cc1S(=O)(=O)N1CCC(NN)CC1(C)C. The fourth-order valence-corrected chi connectivity index (χ4v) is 5.60. The monoisotopic (exact) mass is 409 g/mol. The van der Waals surface area contributed by atoms with Crippen molar-refractivity contribution in [2.45, 2.75) is 43.2 Å². The Morgan fingerprint density at radius 2 is 2.13 bits per heavy atom. The number of rotatable bonds is 4. The molecular weight excluding hydrogens is 389 g/mol. The van der Waals surface area contributed by atoms with E-state index in [1.54, 1.807) is 0 Å². The van der Waals surface area contributed by atoms with Gasteiger partial charge in [0.15, 0.2) is 11.6 Å². The average Bonchev–Trinajstić information content (AvgIpc) is 2.44. The largest absolute Gasteiger partial charge is 0.492 e. The second-order valence-electron chi connectivity index (χ2n) is 6.16. The van der Waals surface area contributed by atoms with Crippen molar-refractivity contribution < 1.29 is 17.5 Å². The van der Waals surface area contributed by atoms with E-state index in [-0.39, 0.29) is 16.7 Å². The molecule has 6 nitrogen and oxygen atoms in total. The summed E-state index contributed by atoms with van der Waals surface area (Å²) >= 11 is 3.14. The lowest BCUT2D eigenvalue weighted by Crippen LogP contribution is -2.57. The van der Waals surface area contributed by atoms with Crippen molar-refractivity contribution in [3.63, 3.8) is 0 Å². The molecule has 23 heavy (non-hydrogen) atoms. The summed E-state index contributed by atoms with van der Waals surface area (Å²) in [5, 5.41) is 0. The van der Waals surface area contributed by atoms with Crippen molar-refractivity contribution in [3.05, 3.63) is 22.4 Å². The molecule has 1 aromatic rings. The number of ether oxygens (including phenoxy) is 1. The highest BCUT2D eigenvalue weighted by Gasteiger charge is 2.43. The van der Waals surface area contributed by atoms with Crippen LogP contribution >= 0.6 is 15.9 Å². The summed E-state index contributed by atoms with van der Waals surface area (Å²) in [6.07, 6.45) is 1.14. The summed E-state index contributed by atoms with van der Waals surface area (Å²) in [4.78, 5) is -0.181. The molecule has 0 radical (unpaired) electrons. The number of hydrogen-bond donors (Lipinski definition) is 2. The van der Waals surface area contributed by atoms with E-state index >= 15 is 0 Å². The van der Waals surface area contributed by atoms with E-state index in [0.717, 1.165) is 0 Å². The van der Waals surface area contributed by atoms with Gasteiger partial charge in [0.1, 0.15) is 4.90 Å². The number of hydrazine groups is 1. The predicted molar refractivity (Wildman–Crippen MR) is 89.0 cm³/mol. The van der Waals surface area contributed by atoms with Crippen molar-refractivity contribution in [2.75, 3.05) is 13.7 Å². The zero-order chi connectivity index (χ0) is 17.4. The van der Waals surface area contributed by atoms with Gasteiger partial charge in [0.05, 0.1) is 7.11 Å². The molecule has 1 unspecified atom stereocenters. The molecule has 1 aliphatic rings. The molecule has 0 bridgehead atoms. The minimum absolute atomic E-state index is 0.0394. The van der Waals surface area contributed by atoms with Crippen LogP contribution in [-0.4, -0.2) is 38.0 Å².